The first kappa shape index (κ1) is 10.5. The Kier molecular flexibility index (Phi) is 2.95. The second-order valence-electron chi connectivity index (χ2n) is 4.20. The van der Waals surface area contributed by atoms with E-state index < -0.39 is 0 Å². The molecular weight excluding hydrogens is 190 g/mol. The number of aryl methyl sites for hydroxylation is 2. The van der Waals surface area contributed by atoms with E-state index in [1.54, 1.807) is 0 Å². The van der Waals surface area contributed by atoms with E-state index in [1.165, 1.54) is 11.4 Å². The van der Waals surface area contributed by atoms with E-state index in [0.29, 0.717) is 6.04 Å². The van der Waals surface area contributed by atoms with Crippen LogP contribution in [-0.4, -0.2) is 29.0 Å². The van der Waals surface area contributed by atoms with Crippen LogP contribution in [0, 0.1) is 13.8 Å². The molecule has 0 saturated carbocycles. The van der Waals surface area contributed by atoms with Crippen LogP contribution in [0.3, 0.4) is 0 Å². The maximum atomic E-state index is 5.34. The van der Waals surface area contributed by atoms with Gasteiger partial charge in [-0.15, -0.1) is 0 Å². The maximum absolute atomic E-state index is 5.34. The van der Waals surface area contributed by atoms with Crippen molar-refractivity contribution >= 4 is 5.69 Å². The molecule has 0 amide bonds. The number of hydrogen-bond acceptors (Lipinski definition) is 3. The third-order valence-electron chi connectivity index (χ3n) is 3.08. The maximum Gasteiger partial charge on any atom is 0.0827 e. The molecule has 0 radical (unpaired) electrons. The Morgan fingerprint density at radius 1 is 1.33 bits per heavy atom. The quantitative estimate of drug-likeness (QED) is 0.804. The molecule has 0 spiro atoms. The van der Waals surface area contributed by atoms with Crippen molar-refractivity contribution in [1.82, 2.24) is 9.78 Å². The highest BCUT2D eigenvalue weighted by Crippen LogP contribution is 2.21. The second-order valence-corrected chi connectivity index (χ2v) is 4.20. The molecule has 4 nitrogen and oxygen atoms in total. The molecule has 1 aliphatic rings. The normalized spacial score (nSPS) is 18.1. The van der Waals surface area contributed by atoms with E-state index in [-0.39, 0.29) is 0 Å². The molecule has 0 aromatic carbocycles. The zero-order valence-electron chi connectivity index (χ0n) is 9.71. The molecule has 15 heavy (non-hydrogen) atoms. The topological polar surface area (TPSA) is 39.1 Å². The van der Waals surface area contributed by atoms with E-state index in [0.717, 1.165) is 31.7 Å². The summed E-state index contributed by atoms with van der Waals surface area (Å²) in [4.78, 5) is 0. The molecule has 1 aromatic heterocycles. The molecule has 1 aliphatic heterocycles. The first-order valence-electron chi connectivity index (χ1n) is 5.53. The fourth-order valence-electron chi connectivity index (χ4n) is 2.03. The third kappa shape index (κ3) is 2.15. The molecule has 0 aliphatic carbocycles. The lowest BCUT2D eigenvalue weighted by atomic mass is 10.1. The number of nitrogens with zero attached hydrogens (tertiary/aromatic N) is 2. The lowest BCUT2D eigenvalue weighted by Gasteiger charge is -2.24. The number of anilines is 1. The SMILES string of the molecule is Cc1nn(C)c(C)c1NC1CCOCC1. The predicted molar refractivity (Wildman–Crippen MR) is 60.1 cm³/mol. The highest BCUT2D eigenvalue weighted by molar-refractivity contribution is 5.52. The minimum absolute atomic E-state index is 0.542. The Bertz CT molecular complexity index is 340. The van der Waals surface area contributed by atoms with Crippen LogP contribution in [0.1, 0.15) is 24.2 Å². The molecule has 4 heteroatoms. The molecule has 0 unspecified atom stereocenters. The van der Waals surface area contributed by atoms with Crippen molar-refractivity contribution in [3.8, 4) is 0 Å². The summed E-state index contributed by atoms with van der Waals surface area (Å²) in [5.41, 5.74) is 3.49. The number of ether oxygens (including phenoxy) is 1. The molecule has 1 saturated heterocycles. The summed E-state index contributed by atoms with van der Waals surface area (Å²) in [7, 11) is 1.98. The van der Waals surface area contributed by atoms with Crippen LogP contribution in [0.4, 0.5) is 5.69 Å². The van der Waals surface area contributed by atoms with E-state index >= 15 is 0 Å². The van der Waals surface area contributed by atoms with Gasteiger partial charge in [-0.05, 0) is 26.7 Å². The van der Waals surface area contributed by atoms with Gasteiger partial charge in [-0.3, -0.25) is 4.68 Å². The van der Waals surface area contributed by atoms with Crippen molar-refractivity contribution in [1.29, 1.82) is 0 Å². The number of nitrogens with one attached hydrogen (secondary N) is 1. The Morgan fingerprint density at radius 2 is 2.00 bits per heavy atom. The highest BCUT2D eigenvalue weighted by Gasteiger charge is 2.17. The van der Waals surface area contributed by atoms with Gasteiger partial charge in [0.05, 0.1) is 17.1 Å². The van der Waals surface area contributed by atoms with Crippen molar-refractivity contribution in [2.75, 3.05) is 18.5 Å². The van der Waals surface area contributed by atoms with Crippen LogP contribution in [0.25, 0.3) is 0 Å². The minimum atomic E-state index is 0.542. The van der Waals surface area contributed by atoms with Gasteiger partial charge in [-0.25, -0.2) is 0 Å². The Morgan fingerprint density at radius 3 is 2.53 bits per heavy atom. The van der Waals surface area contributed by atoms with Crippen molar-refractivity contribution in [2.45, 2.75) is 32.7 Å². The fraction of sp³-hybridized carbons (Fsp3) is 0.727. The van der Waals surface area contributed by atoms with Gasteiger partial charge in [0, 0.05) is 26.3 Å². The zero-order chi connectivity index (χ0) is 10.8. The van der Waals surface area contributed by atoms with Gasteiger partial charge in [0.25, 0.3) is 0 Å². The lowest BCUT2D eigenvalue weighted by Crippen LogP contribution is -2.28. The molecule has 84 valence electrons. The summed E-state index contributed by atoms with van der Waals surface area (Å²) in [5.74, 6) is 0. The Labute approximate surface area is 90.6 Å². The average molecular weight is 209 g/mol. The number of rotatable bonds is 2. The van der Waals surface area contributed by atoms with Gasteiger partial charge in [0.1, 0.15) is 0 Å². The van der Waals surface area contributed by atoms with Crippen molar-refractivity contribution in [3.63, 3.8) is 0 Å². The molecule has 1 aromatic rings. The first-order chi connectivity index (χ1) is 7.18. The van der Waals surface area contributed by atoms with Crippen LogP contribution < -0.4 is 5.32 Å². The smallest absolute Gasteiger partial charge is 0.0827 e. The molecular formula is C11H19N3O. The summed E-state index contributed by atoms with van der Waals surface area (Å²) in [6.45, 7) is 5.89. The minimum Gasteiger partial charge on any atom is -0.381 e. The number of aromatic nitrogens is 2. The Balaban J connectivity index is 2.09. The van der Waals surface area contributed by atoms with Crippen molar-refractivity contribution in [2.24, 2.45) is 7.05 Å². The van der Waals surface area contributed by atoms with Gasteiger partial charge >= 0.3 is 0 Å². The van der Waals surface area contributed by atoms with Crippen LogP contribution in [0.15, 0.2) is 0 Å². The molecule has 2 rings (SSSR count). The van der Waals surface area contributed by atoms with E-state index in [2.05, 4.69) is 24.3 Å². The molecule has 1 N–H and O–H groups in total. The third-order valence-corrected chi connectivity index (χ3v) is 3.08. The lowest BCUT2D eigenvalue weighted by molar-refractivity contribution is 0.0904. The van der Waals surface area contributed by atoms with Gasteiger partial charge in [0.2, 0.25) is 0 Å². The van der Waals surface area contributed by atoms with Crippen molar-refractivity contribution in [3.05, 3.63) is 11.4 Å². The first-order valence-corrected chi connectivity index (χ1v) is 5.53. The zero-order valence-corrected chi connectivity index (χ0v) is 9.71. The summed E-state index contributed by atoms with van der Waals surface area (Å²) >= 11 is 0. The van der Waals surface area contributed by atoms with Crippen LogP contribution >= 0.6 is 0 Å². The predicted octanol–water partition coefficient (Wildman–Crippen LogP) is 1.63. The molecule has 1 fully saturated rings. The van der Waals surface area contributed by atoms with Crippen molar-refractivity contribution < 1.29 is 4.74 Å². The van der Waals surface area contributed by atoms with Gasteiger partial charge in [-0.2, -0.15) is 5.10 Å². The van der Waals surface area contributed by atoms with Crippen LogP contribution in [0.2, 0.25) is 0 Å². The Hall–Kier alpha value is -1.03. The van der Waals surface area contributed by atoms with E-state index in [9.17, 15) is 0 Å². The monoisotopic (exact) mass is 209 g/mol. The summed E-state index contributed by atoms with van der Waals surface area (Å²) in [5, 5.41) is 7.97. The summed E-state index contributed by atoms with van der Waals surface area (Å²) < 4.78 is 7.27. The standard InChI is InChI=1S/C11H19N3O/c1-8-11(9(2)14(3)13-8)12-10-4-6-15-7-5-10/h10,12H,4-7H2,1-3H3. The van der Waals surface area contributed by atoms with Gasteiger partial charge < -0.3 is 10.1 Å². The van der Waals surface area contributed by atoms with Crippen LogP contribution in [-0.2, 0) is 11.8 Å². The summed E-state index contributed by atoms with van der Waals surface area (Å²) in [6, 6.07) is 0.542. The summed E-state index contributed by atoms with van der Waals surface area (Å²) in [6.07, 6.45) is 2.18. The van der Waals surface area contributed by atoms with Gasteiger partial charge in [-0.1, -0.05) is 0 Å². The number of hydrogen-bond donors (Lipinski definition) is 1. The van der Waals surface area contributed by atoms with E-state index in [4.69, 9.17) is 4.74 Å². The molecule has 0 bridgehead atoms. The van der Waals surface area contributed by atoms with E-state index in [1.807, 2.05) is 11.7 Å². The average Bonchev–Trinajstić information content (AvgIpc) is 2.47. The molecule has 2 heterocycles. The molecule has 0 atom stereocenters. The fourth-order valence-corrected chi connectivity index (χ4v) is 2.03. The second kappa shape index (κ2) is 4.23. The largest absolute Gasteiger partial charge is 0.381 e. The van der Waals surface area contributed by atoms with Gasteiger partial charge in [0.15, 0.2) is 0 Å². The van der Waals surface area contributed by atoms with Crippen LogP contribution in [0.5, 0.6) is 0 Å². The highest BCUT2D eigenvalue weighted by atomic mass is 16.5.